The van der Waals surface area contributed by atoms with Crippen LogP contribution < -0.4 is 5.73 Å². The molecular weight excluding hydrogens is 230 g/mol. The van der Waals surface area contributed by atoms with Gasteiger partial charge in [-0.25, -0.2) is 0 Å². The molecule has 2 aromatic rings. The van der Waals surface area contributed by atoms with Gasteiger partial charge in [0.25, 0.3) is 5.91 Å². The molecule has 5 nitrogen and oxygen atoms in total. The van der Waals surface area contributed by atoms with Gasteiger partial charge in [0.2, 0.25) is 0 Å². The summed E-state index contributed by atoms with van der Waals surface area (Å²) >= 11 is 0. The molecule has 5 heteroatoms. The van der Waals surface area contributed by atoms with Gasteiger partial charge in [0.15, 0.2) is 0 Å². The third-order valence-electron chi connectivity index (χ3n) is 2.82. The first-order valence-corrected chi connectivity index (χ1v) is 5.84. The number of carbonyl (C=O) groups is 1. The zero-order valence-corrected chi connectivity index (χ0v) is 10.6. The molecule has 0 aliphatic rings. The second kappa shape index (κ2) is 5.00. The van der Waals surface area contributed by atoms with E-state index >= 15 is 0 Å². The van der Waals surface area contributed by atoms with Crippen molar-refractivity contribution in [2.45, 2.75) is 20.0 Å². The summed E-state index contributed by atoms with van der Waals surface area (Å²) in [4.78, 5) is 13.9. The summed E-state index contributed by atoms with van der Waals surface area (Å²) in [6, 6.07) is 3.55. The van der Waals surface area contributed by atoms with Gasteiger partial charge in [0.05, 0.1) is 18.2 Å². The number of amides is 1. The third-order valence-corrected chi connectivity index (χ3v) is 2.82. The van der Waals surface area contributed by atoms with Crippen molar-refractivity contribution >= 4 is 11.6 Å². The number of nitrogens with zero attached hydrogens (tertiary/aromatic N) is 2. The molecule has 0 aromatic carbocycles. The minimum absolute atomic E-state index is 0.0465. The minimum atomic E-state index is -0.0465. The van der Waals surface area contributed by atoms with E-state index in [1.165, 1.54) is 0 Å². The highest BCUT2D eigenvalue weighted by atomic mass is 16.3. The molecule has 1 amide bonds. The van der Waals surface area contributed by atoms with Crippen molar-refractivity contribution in [1.29, 1.82) is 0 Å². The Hall–Kier alpha value is -2.17. The monoisotopic (exact) mass is 247 g/mol. The van der Waals surface area contributed by atoms with Crippen molar-refractivity contribution < 1.29 is 9.21 Å². The SMILES string of the molecule is CCn1cc(N)cc1C(=O)N(C)Cc1ccoc1. The van der Waals surface area contributed by atoms with Gasteiger partial charge in [0.1, 0.15) is 5.69 Å². The summed E-state index contributed by atoms with van der Waals surface area (Å²) in [7, 11) is 1.76. The molecule has 0 atom stereocenters. The first kappa shape index (κ1) is 12.3. The zero-order valence-electron chi connectivity index (χ0n) is 10.6. The van der Waals surface area contributed by atoms with E-state index in [2.05, 4.69) is 0 Å². The topological polar surface area (TPSA) is 64.4 Å². The van der Waals surface area contributed by atoms with E-state index in [0.29, 0.717) is 17.9 Å². The van der Waals surface area contributed by atoms with Crippen LogP contribution in [0.4, 0.5) is 5.69 Å². The lowest BCUT2D eigenvalue weighted by Crippen LogP contribution is -2.27. The van der Waals surface area contributed by atoms with Crippen LogP contribution in [-0.2, 0) is 13.1 Å². The number of hydrogen-bond acceptors (Lipinski definition) is 3. The van der Waals surface area contributed by atoms with Crippen molar-refractivity contribution in [2.75, 3.05) is 12.8 Å². The first-order chi connectivity index (χ1) is 8.61. The molecule has 2 aromatic heterocycles. The van der Waals surface area contributed by atoms with Crippen LogP contribution in [0.2, 0.25) is 0 Å². The van der Waals surface area contributed by atoms with Crippen LogP contribution in [0.25, 0.3) is 0 Å². The lowest BCUT2D eigenvalue weighted by atomic mass is 10.3. The molecule has 96 valence electrons. The second-order valence-electron chi connectivity index (χ2n) is 4.24. The van der Waals surface area contributed by atoms with E-state index < -0.39 is 0 Å². The molecule has 2 heterocycles. The maximum atomic E-state index is 12.3. The van der Waals surface area contributed by atoms with E-state index in [9.17, 15) is 4.79 Å². The van der Waals surface area contributed by atoms with Crippen molar-refractivity contribution in [3.05, 3.63) is 42.1 Å². The van der Waals surface area contributed by atoms with Gasteiger partial charge in [-0.1, -0.05) is 0 Å². The number of aromatic nitrogens is 1. The van der Waals surface area contributed by atoms with Crippen LogP contribution in [-0.4, -0.2) is 22.4 Å². The fraction of sp³-hybridized carbons (Fsp3) is 0.308. The quantitative estimate of drug-likeness (QED) is 0.898. The fourth-order valence-electron chi connectivity index (χ4n) is 1.90. The van der Waals surface area contributed by atoms with E-state index in [0.717, 1.165) is 12.1 Å². The number of hydrogen-bond donors (Lipinski definition) is 1. The van der Waals surface area contributed by atoms with E-state index in [-0.39, 0.29) is 5.91 Å². The van der Waals surface area contributed by atoms with Gasteiger partial charge in [-0.05, 0) is 19.1 Å². The van der Waals surface area contributed by atoms with Crippen LogP contribution in [0.15, 0.2) is 35.3 Å². The molecule has 0 bridgehead atoms. The van der Waals surface area contributed by atoms with Gasteiger partial charge < -0.3 is 19.6 Å². The largest absolute Gasteiger partial charge is 0.472 e. The molecule has 0 radical (unpaired) electrons. The summed E-state index contributed by atoms with van der Waals surface area (Å²) in [5, 5.41) is 0. The van der Waals surface area contributed by atoms with Gasteiger partial charge in [0, 0.05) is 31.9 Å². The summed E-state index contributed by atoms with van der Waals surface area (Å²) in [5.74, 6) is -0.0465. The Kier molecular flexibility index (Phi) is 3.41. The highest BCUT2D eigenvalue weighted by Crippen LogP contribution is 2.14. The normalized spacial score (nSPS) is 10.6. The average Bonchev–Trinajstić information content (AvgIpc) is 2.97. The maximum absolute atomic E-state index is 12.3. The molecule has 2 rings (SSSR count). The Morgan fingerprint density at radius 1 is 1.56 bits per heavy atom. The van der Waals surface area contributed by atoms with Gasteiger partial charge in [-0.3, -0.25) is 4.79 Å². The van der Waals surface area contributed by atoms with Crippen molar-refractivity contribution in [3.8, 4) is 0 Å². The average molecular weight is 247 g/mol. The molecule has 0 aliphatic heterocycles. The van der Waals surface area contributed by atoms with E-state index in [4.69, 9.17) is 10.2 Å². The Morgan fingerprint density at radius 3 is 2.94 bits per heavy atom. The Bertz CT molecular complexity index is 528. The van der Waals surface area contributed by atoms with Gasteiger partial charge in [-0.2, -0.15) is 0 Å². The molecule has 0 unspecified atom stereocenters. The van der Waals surface area contributed by atoms with Gasteiger partial charge >= 0.3 is 0 Å². The predicted octanol–water partition coefficient (Wildman–Crippen LogP) is 1.96. The number of carbonyl (C=O) groups excluding carboxylic acids is 1. The van der Waals surface area contributed by atoms with Crippen molar-refractivity contribution in [2.24, 2.45) is 0 Å². The summed E-state index contributed by atoms with van der Waals surface area (Å²) in [6.07, 6.45) is 5.01. The van der Waals surface area contributed by atoms with Crippen molar-refractivity contribution in [3.63, 3.8) is 0 Å². The van der Waals surface area contributed by atoms with E-state index in [1.54, 1.807) is 36.7 Å². The third kappa shape index (κ3) is 2.40. The standard InChI is InChI=1S/C13H17N3O2/c1-3-16-8-11(14)6-12(16)13(17)15(2)7-10-4-5-18-9-10/h4-6,8-9H,3,7,14H2,1-2H3. The molecular formula is C13H17N3O2. The molecule has 18 heavy (non-hydrogen) atoms. The minimum Gasteiger partial charge on any atom is -0.472 e. The lowest BCUT2D eigenvalue weighted by molar-refractivity contribution is 0.0774. The number of anilines is 1. The molecule has 0 saturated heterocycles. The Balaban J connectivity index is 2.15. The number of aryl methyl sites for hydroxylation is 1. The van der Waals surface area contributed by atoms with Crippen LogP contribution in [0.1, 0.15) is 23.0 Å². The molecule has 0 aliphatic carbocycles. The molecule has 2 N–H and O–H groups in total. The number of rotatable bonds is 4. The van der Waals surface area contributed by atoms with Crippen LogP contribution >= 0.6 is 0 Å². The number of nitrogen functional groups attached to an aromatic ring is 1. The lowest BCUT2D eigenvalue weighted by Gasteiger charge is -2.17. The van der Waals surface area contributed by atoms with Crippen LogP contribution in [0.5, 0.6) is 0 Å². The summed E-state index contributed by atoms with van der Waals surface area (Å²) in [5.41, 5.74) is 7.91. The first-order valence-electron chi connectivity index (χ1n) is 5.84. The Labute approximate surface area is 106 Å². The zero-order chi connectivity index (χ0) is 13.1. The highest BCUT2D eigenvalue weighted by molar-refractivity contribution is 5.93. The smallest absolute Gasteiger partial charge is 0.270 e. The highest BCUT2D eigenvalue weighted by Gasteiger charge is 2.16. The van der Waals surface area contributed by atoms with Crippen LogP contribution in [0, 0.1) is 0 Å². The predicted molar refractivity (Wildman–Crippen MR) is 69.0 cm³/mol. The molecule has 0 spiro atoms. The van der Waals surface area contributed by atoms with E-state index in [1.807, 2.05) is 17.6 Å². The Morgan fingerprint density at radius 2 is 2.33 bits per heavy atom. The maximum Gasteiger partial charge on any atom is 0.270 e. The van der Waals surface area contributed by atoms with Crippen LogP contribution in [0.3, 0.4) is 0 Å². The summed E-state index contributed by atoms with van der Waals surface area (Å²) in [6.45, 7) is 3.22. The fourth-order valence-corrected chi connectivity index (χ4v) is 1.90. The molecule has 0 saturated carbocycles. The summed E-state index contributed by atoms with van der Waals surface area (Å²) < 4.78 is 6.84. The number of furan rings is 1. The second-order valence-corrected chi connectivity index (χ2v) is 4.24. The van der Waals surface area contributed by atoms with Crippen molar-refractivity contribution in [1.82, 2.24) is 9.47 Å². The van der Waals surface area contributed by atoms with Gasteiger partial charge in [-0.15, -0.1) is 0 Å². The molecule has 0 fully saturated rings. The number of nitrogens with two attached hydrogens (primary N) is 1.